The second kappa shape index (κ2) is 10.2. The van der Waals surface area contributed by atoms with Crippen molar-refractivity contribution in [3.63, 3.8) is 0 Å². The normalized spacial score (nSPS) is 34.6. The standard InChI is InChI=1S/C26H38N2O6/c1-4-6-8-13-27-14-10-12-26-21(20-19(34-26)11-7-9-15-33-25(20)32)23(30)28(22(26)24(27)31)18(16-29)17(3)5-2/h7,10-12,17-22,29H,4-6,8-9,13-16H2,1-3H3/t17-,18-,19-,20+,21-,22?,26-/m0/s1. The average Bonchev–Trinajstić information content (AvgIpc) is 3.20. The minimum Gasteiger partial charge on any atom is -0.465 e. The van der Waals surface area contributed by atoms with Gasteiger partial charge < -0.3 is 24.4 Å². The lowest BCUT2D eigenvalue weighted by molar-refractivity contribution is -0.157. The van der Waals surface area contributed by atoms with Gasteiger partial charge in [-0.1, -0.05) is 64.3 Å². The first-order valence-corrected chi connectivity index (χ1v) is 12.8. The molecule has 0 aromatic carbocycles. The van der Waals surface area contributed by atoms with Crippen LogP contribution in [0.1, 0.15) is 52.9 Å². The molecule has 4 rings (SSSR count). The summed E-state index contributed by atoms with van der Waals surface area (Å²) >= 11 is 0. The highest BCUT2D eigenvalue weighted by Crippen LogP contribution is 2.54. The number of carbonyl (C=O) groups is 3. The molecule has 34 heavy (non-hydrogen) atoms. The van der Waals surface area contributed by atoms with Crippen molar-refractivity contribution in [1.82, 2.24) is 9.80 Å². The third-order valence-corrected chi connectivity index (χ3v) is 8.02. The van der Waals surface area contributed by atoms with Crippen molar-refractivity contribution in [2.75, 3.05) is 26.3 Å². The lowest BCUT2D eigenvalue weighted by Gasteiger charge is -2.40. The summed E-state index contributed by atoms with van der Waals surface area (Å²) in [5.74, 6) is -2.66. The van der Waals surface area contributed by atoms with Gasteiger partial charge in [-0.3, -0.25) is 14.4 Å². The Balaban J connectivity index is 1.81. The zero-order chi connectivity index (χ0) is 24.5. The lowest BCUT2D eigenvalue weighted by atomic mass is 9.77. The van der Waals surface area contributed by atoms with E-state index in [1.54, 1.807) is 9.80 Å². The Bertz CT molecular complexity index is 856. The minimum absolute atomic E-state index is 0.0293. The number of unbranched alkanes of at least 4 members (excludes halogenated alkanes) is 2. The molecule has 2 saturated heterocycles. The SMILES string of the molecule is CCCCCN1CC=C[C@]23O[C@H]4C=CCCOC(=O)[C@H]4[C@H]2C(=O)N([C@@H](CO)[C@@H](C)CC)C3C1=O. The number of aliphatic hydroxyl groups is 1. The van der Waals surface area contributed by atoms with Crippen LogP contribution in [0.2, 0.25) is 0 Å². The second-order valence-corrected chi connectivity index (χ2v) is 10.0. The van der Waals surface area contributed by atoms with Gasteiger partial charge in [0.1, 0.15) is 17.6 Å². The van der Waals surface area contributed by atoms with E-state index in [1.807, 2.05) is 38.2 Å². The van der Waals surface area contributed by atoms with Crippen LogP contribution in [0.15, 0.2) is 24.3 Å². The van der Waals surface area contributed by atoms with E-state index < -0.39 is 41.6 Å². The monoisotopic (exact) mass is 474 g/mol. The number of likely N-dealkylation sites (tertiary alicyclic amines) is 1. The van der Waals surface area contributed by atoms with E-state index in [-0.39, 0.29) is 30.9 Å². The molecule has 2 fully saturated rings. The molecule has 0 saturated carbocycles. The van der Waals surface area contributed by atoms with Crippen LogP contribution in [-0.4, -0.2) is 82.8 Å². The first-order valence-electron chi connectivity index (χ1n) is 12.8. The van der Waals surface area contributed by atoms with Gasteiger partial charge in [-0.05, 0) is 18.8 Å². The summed E-state index contributed by atoms with van der Waals surface area (Å²) in [6, 6.07) is -1.47. The summed E-state index contributed by atoms with van der Waals surface area (Å²) in [6.07, 6.45) is 11.1. The maximum atomic E-state index is 14.1. The maximum Gasteiger partial charge on any atom is 0.312 e. The highest BCUT2D eigenvalue weighted by Gasteiger charge is 2.72. The molecule has 0 bridgehead atoms. The van der Waals surface area contributed by atoms with Crippen molar-refractivity contribution in [3.05, 3.63) is 24.3 Å². The number of nitrogens with zero attached hydrogens (tertiary/aromatic N) is 2. The molecule has 4 aliphatic heterocycles. The van der Waals surface area contributed by atoms with Crippen molar-refractivity contribution in [1.29, 1.82) is 0 Å². The van der Waals surface area contributed by atoms with E-state index in [1.165, 1.54) is 0 Å². The van der Waals surface area contributed by atoms with Crippen LogP contribution in [0.5, 0.6) is 0 Å². The van der Waals surface area contributed by atoms with E-state index in [9.17, 15) is 19.5 Å². The number of cyclic esters (lactones) is 1. The first-order chi connectivity index (χ1) is 16.4. The number of carbonyl (C=O) groups excluding carboxylic acids is 3. The topological polar surface area (TPSA) is 96.4 Å². The molecule has 188 valence electrons. The van der Waals surface area contributed by atoms with Gasteiger partial charge in [-0.25, -0.2) is 0 Å². The molecule has 8 heteroatoms. The van der Waals surface area contributed by atoms with Crippen LogP contribution in [-0.2, 0) is 23.9 Å². The molecule has 0 aromatic heterocycles. The van der Waals surface area contributed by atoms with Crippen molar-refractivity contribution in [3.8, 4) is 0 Å². The smallest absolute Gasteiger partial charge is 0.312 e. The minimum atomic E-state index is -1.27. The quantitative estimate of drug-likeness (QED) is 0.329. The molecule has 7 atom stereocenters. The molecule has 8 nitrogen and oxygen atoms in total. The van der Waals surface area contributed by atoms with E-state index >= 15 is 0 Å². The first kappa shape index (κ1) is 24.9. The summed E-state index contributed by atoms with van der Waals surface area (Å²) in [5, 5.41) is 10.3. The number of esters is 1. The predicted molar refractivity (Wildman–Crippen MR) is 126 cm³/mol. The summed E-state index contributed by atoms with van der Waals surface area (Å²) < 4.78 is 12.0. The Morgan fingerprint density at radius 3 is 2.68 bits per heavy atom. The van der Waals surface area contributed by atoms with Crippen LogP contribution >= 0.6 is 0 Å². The fraction of sp³-hybridized carbons (Fsp3) is 0.731. The van der Waals surface area contributed by atoms with Crippen LogP contribution in [0.25, 0.3) is 0 Å². The Labute approximate surface area is 201 Å². The van der Waals surface area contributed by atoms with Gasteiger partial charge in [0.25, 0.3) is 0 Å². The average molecular weight is 475 g/mol. The fourth-order valence-corrected chi connectivity index (χ4v) is 6.02. The van der Waals surface area contributed by atoms with Crippen molar-refractivity contribution in [2.24, 2.45) is 17.8 Å². The zero-order valence-electron chi connectivity index (χ0n) is 20.5. The predicted octanol–water partition coefficient (Wildman–Crippen LogP) is 2.07. The Morgan fingerprint density at radius 1 is 1.18 bits per heavy atom. The maximum absolute atomic E-state index is 14.1. The van der Waals surface area contributed by atoms with Gasteiger partial charge in [-0.2, -0.15) is 0 Å². The van der Waals surface area contributed by atoms with Gasteiger partial charge in [-0.15, -0.1) is 0 Å². The van der Waals surface area contributed by atoms with E-state index in [4.69, 9.17) is 9.47 Å². The highest BCUT2D eigenvalue weighted by atomic mass is 16.6. The Hall–Kier alpha value is -2.19. The summed E-state index contributed by atoms with van der Waals surface area (Å²) in [6.45, 7) is 7.11. The van der Waals surface area contributed by atoms with Crippen molar-refractivity contribution >= 4 is 17.8 Å². The van der Waals surface area contributed by atoms with Crippen molar-refractivity contribution in [2.45, 2.75) is 76.7 Å². The van der Waals surface area contributed by atoms with Gasteiger partial charge >= 0.3 is 5.97 Å². The molecular weight excluding hydrogens is 436 g/mol. The molecule has 1 N–H and O–H groups in total. The van der Waals surface area contributed by atoms with Gasteiger partial charge in [0.05, 0.1) is 31.3 Å². The van der Waals surface area contributed by atoms with Crippen molar-refractivity contribution < 1.29 is 29.0 Å². The summed E-state index contributed by atoms with van der Waals surface area (Å²) in [5.41, 5.74) is -1.27. The van der Waals surface area contributed by atoms with E-state index in [2.05, 4.69) is 6.92 Å². The molecule has 0 aliphatic carbocycles. The third-order valence-electron chi connectivity index (χ3n) is 8.02. The number of hydrogen-bond acceptors (Lipinski definition) is 6. The van der Waals surface area contributed by atoms with Crippen LogP contribution in [0, 0.1) is 17.8 Å². The fourth-order valence-electron chi connectivity index (χ4n) is 6.02. The molecule has 0 radical (unpaired) electrons. The van der Waals surface area contributed by atoms with Crippen LogP contribution in [0.4, 0.5) is 0 Å². The molecule has 1 spiro atoms. The van der Waals surface area contributed by atoms with Gasteiger partial charge in [0.15, 0.2) is 0 Å². The zero-order valence-corrected chi connectivity index (χ0v) is 20.5. The molecule has 1 unspecified atom stereocenters. The number of amides is 2. The molecule has 2 amide bonds. The van der Waals surface area contributed by atoms with Gasteiger partial charge in [0.2, 0.25) is 11.8 Å². The Kier molecular flexibility index (Phi) is 7.48. The molecular formula is C26H38N2O6. The summed E-state index contributed by atoms with van der Waals surface area (Å²) in [7, 11) is 0. The second-order valence-electron chi connectivity index (χ2n) is 10.0. The highest BCUT2D eigenvalue weighted by molar-refractivity contribution is 5.99. The van der Waals surface area contributed by atoms with E-state index in [0.717, 1.165) is 25.7 Å². The molecule has 4 aliphatic rings. The lowest BCUT2D eigenvalue weighted by Crippen LogP contribution is -2.59. The van der Waals surface area contributed by atoms with E-state index in [0.29, 0.717) is 19.5 Å². The molecule has 4 heterocycles. The Morgan fingerprint density at radius 2 is 1.97 bits per heavy atom. The number of rotatable bonds is 8. The van der Waals surface area contributed by atoms with Gasteiger partial charge in [0, 0.05) is 13.1 Å². The van der Waals surface area contributed by atoms with Crippen LogP contribution in [0.3, 0.4) is 0 Å². The summed E-state index contributed by atoms with van der Waals surface area (Å²) in [4.78, 5) is 44.6. The number of ether oxygens (including phenoxy) is 2. The molecule has 0 aromatic rings. The van der Waals surface area contributed by atoms with Crippen LogP contribution < -0.4 is 0 Å². The third kappa shape index (κ3) is 3.98. The number of aliphatic hydroxyl groups excluding tert-OH is 1. The number of fused-ring (bicyclic) bond motifs is 2. The number of hydrogen-bond donors (Lipinski definition) is 1. The largest absolute Gasteiger partial charge is 0.465 e.